The molecular weight excluding hydrogens is 919 g/mol. The van der Waals surface area contributed by atoms with Crippen molar-refractivity contribution in [3.8, 4) is 5.75 Å². The first kappa shape index (κ1) is 56.9. The molecule has 0 radical (unpaired) electrons. The molecular formula is C45H69N11O12S. The van der Waals surface area contributed by atoms with Gasteiger partial charge in [0.2, 0.25) is 65.0 Å². The highest BCUT2D eigenvalue weighted by atomic mass is 32.2. The van der Waals surface area contributed by atoms with Crippen molar-refractivity contribution in [3.63, 3.8) is 0 Å². The predicted molar refractivity (Wildman–Crippen MR) is 253 cm³/mol. The summed E-state index contributed by atoms with van der Waals surface area (Å²) in [5.41, 5.74) is 16.7. The van der Waals surface area contributed by atoms with E-state index in [9.17, 15) is 57.8 Å². The molecule has 24 heteroatoms. The Balaban J connectivity index is 2.05. The maximum Gasteiger partial charge on any atom is 0.246 e. The van der Waals surface area contributed by atoms with Gasteiger partial charge in [-0.3, -0.25) is 52.7 Å². The van der Waals surface area contributed by atoms with Gasteiger partial charge in [0.05, 0.1) is 13.0 Å². The van der Waals surface area contributed by atoms with E-state index in [0.29, 0.717) is 18.4 Å². The molecule has 2 fully saturated rings. The average molecular weight is 988 g/mol. The highest BCUT2D eigenvalue weighted by molar-refractivity contribution is 7.99. The van der Waals surface area contributed by atoms with Gasteiger partial charge in [-0.2, -0.15) is 11.8 Å². The normalized spacial score (nSPS) is 23.4. The lowest BCUT2D eigenvalue weighted by atomic mass is 9.96. The number of likely N-dealkylation sites (N-methyl/N-ethyl adjacent to an activating group) is 1. The Hall–Kier alpha value is -6.46. The lowest BCUT2D eigenvalue weighted by Gasteiger charge is -2.32. The Morgan fingerprint density at radius 2 is 1.49 bits per heavy atom. The lowest BCUT2D eigenvalue weighted by Crippen LogP contribution is -2.61. The van der Waals surface area contributed by atoms with Crippen LogP contribution < -0.4 is 49.1 Å². The van der Waals surface area contributed by atoms with Crippen LogP contribution in [0.2, 0.25) is 0 Å². The standard InChI is InChI=1S/C45H69N11O12S/c1-6-25(4)38-44(67)50-28(15-16-34(46)58)40(63)51-30(21-35(47)59)41(64)53-31(23-69-18-8-10-37(61)55(5)33(43(66)54-38)20-26-11-13-27(57)14-12-26)45(68)56-17-7-9-32(56)42(65)52-29(19-24(2)3)39(62)49-22-36(48)60/h11-14,24-25,28-33,38,57H,6-10,15-23H2,1-5H3,(H2,46,58)(H2,47,59)(H2,48,60)(H,49,62)(H,50,67)(H,51,63)(H,52,65)(H,53,64)(H,54,66). The van der Waals surface area contributed by atoms with Crippen LogP contribution >= 0.6 is 11.8 Å². The number of benzene rings is 1. The summed E-state index contributed by atoms with van der Waals surface area (Å²) in [7, 11) is 1.45. The van der Waals surface area contributed by atoms with E-state index in [0.717, 1.165) is 0 Å². The number of nitrogens with two attached hydrogens (primary N) is 3. The highest BCUT2D eigenvalue weighted by Crippen LogP contribution is 2.22. The number of carbonyl (C=O) groups excluding carboxylic acids is 11. The van der Waals surface area contributed by atoms with Gasteiger partial charge in [0, 0.05) is 38.6 Å². The molecule has 0 spiro atoms. The van der Waals surface area contributed by atoms with Crippen molar-refractivity contribution < 1.29 is 57.8 Å². The van der Waals surface area contributed by atoms with Gasteiger partial charge < -0.3 is 64.0 Å². The summed E-state index contributed by atoms with van der Waals surface area (Å²) in [5, 5.41) is 25.3. The van der Waals surface area contributed by atoms with Crippen molar-refractivity contribution in [1.82, 2.24) is 41.7 Å². The zero-order chi connectivity index (χ0) is 51.5. The minimum Gasteiger partial charge on any atom is -0.508 e. The lowest BCUT2D eigenvalue weighted by molar-refractivity contribution is -0.142. The van der Waals surface area contributed by atoms with Gasteiger partial charge >= 0.3 is 0 Å². The minimum atomic E-state index is -1.72. The fourth-order valence-corrected chi connectivity index (χ4v) is 8.78. The number of hydrogen-bond donors (Lipinski definition) is 10. The molecule has 0 bridgehead atoms. The summed E-state index contributed by atoms with van der Waals surface area (Å²) in [5.74, 6) is -9.21. The molecule has 0 aliphatic carbocycles. The number of amides is 11. The number of phenols is 1. The summed E-state index contributed by atoms with van der Waals surface area (Å²) in [4.78, 5) is 150. The first-order valence-electron chi connectivity index (χ1n) is 23.1. The van der Waals surface area contributed by atoms with Crippen LogP contribution in [0.5, 0.6) is 5.75 Å². The van der Waals surface area contributed by atoms with Crippen molar-refractivity contribution in [2.75, 3.05) is 31.6 Å². The molecule has 382 valence electrons. The van der Waals surface area contributed by atoms with E-state index in [-0.39, 0.29) is 68.2 Å². The van der Waals surface area contributed by atoms with Crippen LogP contribution in [0.15, 0.2) is 24.3 Å². The van der Waals surface area contributed by atoms with Crippen LogP contribution in [0.25, 0.3) is 0 Å². The van der Waals surface area contributed by atoms with Crippen molar-refractivity contribution in [2.45, 2.75) is 134 Å². The zero-order valence-electron chi connectivity index (χ0n) is 39.9. The van der Waals surface area contributed by atoms with Crippen LogP contribution in [-0.2, 0) is 59.2 Å². The third-order valence-corrected chi connectivity index (χ3v) is 13.0. The molecule has 0 aromatic heterocycles. The summed E-state index contributed by atoms with van der Waals surface area (Å²) < 4.78 is 0. The minimum absolute atomic E-state index is 0.0112. The van der Waals surface area contributed by atoms with E-state index in [1.807, 2.05) is 13.8 Å². The average Bonchev–Trinajstić information content (AvgIpc) is 3.79. The topological polar surface area (TPSA) is 365 Å². The molecule has 1 aromatic carbocycles. The second-order valence-electron chi connectivity index (χ2n) is 17.9. The maximum absolute atomic E-state index is 14.5. The molecule has 8 atom stereocenters. The molecule has 3 rings (SSSR count). The summed E-state index contributed by atoms with van der Waals surface area (Å²) in [6.45, 7) is 6.72. The molecule has 1 aromatic rings. The number of carbonyl (C=O) groups is 11. The second kappa shape index (κ2) is 27.5. The third-order valence-electron chi connectivity index (χ3n) is 11.9. The van der Waals surface area contributed by atoms with Gasteiger partial charge in [0.1, 0.15) is 48.0 Å². The molecule has 2 heterocycles. The van der Waals surface area contributed by atoms with Crippen molar-refractivity contribution >= 4 is 76.7 Å². The second-order valence-corrected chi connectivity index (χ2v) is 19.0. The van der Waals surface area contributed by atoms with Crippen molar-refractivity contribution in [1.29, 1.82) is 0 Å². The van der Waals surface area contributed by atoms with Gasteiger partial charge in [-0.05, 0) is 67.4 Å². The summed E-state index contributed by atoms with van der Waals surface area (Å²) >= 11 is 1.18. The fraction of sp³-hybridized carbons (Fsp3) is 0.622. The number of nitrogens with zero attached hydrogens (tertiary/aromatic N) is 2. The van der Waals surface area contributed by atoms with Gasteiger partial charge in [-0.15, -0.1) is 0 Å². The molecule has 2 saturated heterocycles. The highest BCUT2D eigenvalue weighted by Gasteiger charge is 2.41. The molecule has 11 amide bonds. The molecule has 23 nitrogen and oxygen atoms in total. The fourth-order valence-electron chi connectivity index (χ4n) is 7.81. The van der Waals surface area contributed by atoms with E-state index in [4.69, 9.17) is 17.2 Å². The van der Waals surface area contributed by atoms with Crippen molar-refractivity contribution in [3.05, 3.63) is 29.8 Å². The molecule has 13 N–H and O–H groups in total. The van der Waals surface area contributed by atoms with Gasteiger partial charge in [0.25, 0.3) is 0 Å². The quantitative estimate of drug-likeness (QED) is 0.0776. The number of phenolic OH excluding ortho intramolecular Hbond substituents is 1. The predicted octanol–water partition coefficient (Wildman–Crippen LogP) is -2.46. The van der Waals surface area contributed by atoms with Crippen LogP contribution in [0.3, 0.4) is 0 Å². The van der Waals surface area contributed by atoms with E-state index in [2.05, 4.69) is 31.9 Å². The number of likely N-dealkylation sites (tertiary alicyclic amines) is 1. The van der Waals surface area contributed by atoms with E-state index in [1.54, 1.807) is 26.0 Å². The first-order valence-corrected chi connectivity index (χ1v) is 24.2. The number of nitrogens with one attached hydrogen (secondary N) is 6. The largest absolute Gasteiger partial charge is 0.508 e. The Bertz CT molecular complexity index is 2040. The van der Waals surface area contributed by atoms with Crippen molar-refractivity contribution in [2.24, 2.45) is 29.0 Å². The number of aromatic hydroxyl groups is 1. The van der Waals surface area contributed by atoms with Crippen LogP contribution in [-0.4, -0.2) is 154 Å². The molecule has 2 aliphatic heterocycles. The van der Waals surface area contributed by atoms with E-state index >= 15 is 0 Å². The van der Waals surface area contributed by atoms with E-state index < -0.39 is 133 Å². The molecule has 2 aliphatic rings. The Morgan fingerprint density at radius 1 is 0.841 bits per heavy atom. The maximum atomic E-state index is 14.5. The molecule has 8 unspecified atom stereocenters. The number of rotatable bonds is 17. The zero-order valence-corrected chi connectivity index (χ0v) is 40.7. The number of hydrogen-bond acceptors (Lipinski definition) is 13. The van der Waals surface area contributed by atoms with Gasteiger partial charge in [0.15, 0.2) is 0 Å². The monoisotopic (exact) mass is 987 g/mol. The summed E-state index contributed by atoms with van der Waals surface area (Å²) in [6, 6.07) is -3.25. The third kappa shape index (κ3) is 18.2. The number of thioether (sulfide) groups is 1. The molecule has 69 heavy (non-hydrogen) atoms. The van der Waals surface area contributed by atoms with E-state index in [1.165, 1.54) is 40.7 Å². The Morgan fingerprint density at radius 3 is 2.10 bits per heavy atom. The van der Waals surface area contributed by atoms with Crippen LogP contribution in [0, 0.1) is 11.8 Å². The van der Waals surface area contributed by atoms with Gasteiger partial charge in [-0.25, -0.2) is 0 Å². The van der Waals surface area contributed by atoms with Crippen LogP contribution in [0.1, 0.15) is 91.0 Å². The summed E-state index contributed by atoms with van der Waals surface area (Å²) in [6.07, 6.45) is -0.264. The smallest absolute Gasteiger partial charge is 0.246 e. The first-order chi connectivity index (χ1) is 32.5. The van der Waals surface area contributed by atoms with Crippen LogP contribution in [0.4, 0.5) is 0 Å². The SMILES string of the molecule is CCC(C)C1NC(=O)C(Cc2ccc(O)cc2)N(C)C(=O)CCCSCC(C(=O)N2CCCC2C(=O)NC(CC(C)C)C(=O)NCC(N)=O)NC(=O)C(CC(N)=O)NC(=O)C(CCC(N)=O)NC1=O. The Kier molecular flexibility index (Phi) is 22.7. The number of primary amides is 3. The molecule has 0 saturated carbocycles. The van der Waals surface area contributed by atoms with Gasteiger partial charge in [-0.1, -0.05) is 46.2 Å². The Labute approximate surface area is 405 Å².